The Morgan fingerprint density at radius 2 is 2.14 bits per heavy atom. The lowest BCUT2D eigenvalue weighted by Gasteiger charge is -2.33. The minimum absolute atomic E-state index is 0. The Labute approximate surface area is 171 Å². The van der Waals surface area contributed by atoms with Gasteiger partial charge in [-0.05, 0) is 62.8 Å². The predicted molar refractivity (Wildman–Crippen MR) is 111 cm³/mol. The number of aromatic amines is 1. The molecule has 8 heteroatoms. The summed E-state index contributed by atoms with van der Waals surface area (Å²) in [5, 5.41) is 14.3. The number of benzene rings is 1. The second kappa shape index (κ2) is 8.92. The highest BCUT2D eigenvalue weighted by Gasteiger charge is 2.28. The number of likely N-dealkylation sites (tertiary alicyclic amines) is 1. The van der Waals surface area contributed by atoms with Gasteiger partial charge < -0.3 is 15.5 Å². The molecule has 3 N–H and O–H groups in total. The number of aryl methyl sites for hydroxylation is 1. The van der Waals surface area contributed by atoms with Gasteiger partial charge in [0, 0.05) is 25.0 Å². The Balaban J connectivity index is 0.00000225. The van der Waals surface area contributed by atoms with Crippen LogP contribution in [0.25, 0.3) is 10.9 Å². The van der Waals surface area contributed by atoms with Crippen LogP contribution in [0.5, 0.6) is 0 Å². The van der Waals surface area contributed by atoms with Gasteiger partial charge in [-0.3, -0.25) is 14.7 Å². The van der Waals surface area contributed by atoms with Crippen LogP contribution < -0.4 is 10.6 Å². The fourth-order valence-corrected chi connectivity index (χ4v) is 4.24. The zero-order chi connectivity index (χ0) is 18.8. The molecule has 0 bridgehead atoms. The Morgan fingerprint density at radius 1 is 1.29 bits per heavy atom. The van der Waals surface area contributed by atoms with E-state index in [1.54, 1.807) is 6.20 Å². The van der Waals surface area contributed by atoms with E-state index in [0.29, 0.717) is 24.6 Å². The second-order valence-corrected chi connectivity index (χ2v) is 7.80. The van der Waals surface area contributed by atoms with Crippen LogP contribution >= 0.6 is 12.4 Å². The molecule has 2 aliphatic rings. The molecule has 3 heterocycles. The van der Waals surface area contributed by atoms with Gasteiger partial charge in [-0.15, -0.1) is 12.4 Å². The molecule has 0 radical (unpaired) electrons. The first-order chi connectivity index (χ1) is 13.1. The third-order valence-electron chi connectivity index (χ3n) is 5.67. The lowest BCUT2D eigenvalue weighted by molar-refractivity contribution is -0.123. The summed E-state index contributed by atoms with van der Waals surface area (Å²) in [6, 6.07) is 3.91. The summed E-state index contributed by atoms with van der Waals surface area (Å²) in [4.78, 5) is 27.3. The number of amides is 2. The summed E-state index contributed by atoms with van der Waals surface area (Å²) in [5.41, 5.74) is 2.54. The van der Waals surface area contributed by atoms with Crippen LogP contribution in [0.1, 0.15) is 41.6 Å². The molecule has 28 heavy (non-hydrogen) atoms. The van der Waals surface area contributed by atoms with Crippen LogP contribution in [0, 0.1) is 12.8 Å². The molecule has 0 spiro atoms. The summed E-state index contributed by atoms with van der Waals surface area (Å²) in [6.07, 6.45) is 5.73. The Kier molecular flexibility index (Phi) is 6.57. The van der Waals surface area contributed by atoms with Crippen molar-refractivity contribution in [1.29, 1.82) is 0 Å². The number of hydrogen-bond donors (Lipinski definition) is 3. The van der Waals surface area contributed by atoms with Crippen LogP contribution in [0.3, 0.4) is 0 Å². The highest BCUT2D eigenvalue weighted by atomic mass is 35.5. The molecule has 2 aliphatic heterocycles. The molecular weight excluding hydrogens is 378 g/mol. The number of H-pyrrole nitrogens is 1. The number of halogens is 1. The number of nitrogens with zero attached hydrogens (tertiary/aromatic N) is 2. The van der Waals surface area contributed by atoms with Gasteiger partial charge in [0.2, 0.25) is 5.91 Å². The maximum Gasteiger partial charge on any atom is 0.256 e. The number of fused-ring (bicyclic) bond motifs is 1. The van der Waals surface area contributed by atoms with Gasteiger partial charge in [-0.2, -0.15) is 5.10 Å². The van der Waals surface area contributed by atoms with Crippen molar-refractivity contribution in [3.8, 4) is 0 Å². The van der Waals surface area contributed by atoms with Crippen molar-refractivity contribution in [3.63, 3.8) is 0 Å². The van der Waals surface area contributed by atoms with Crippen molar-refractivity contribution in [2.45, 2.75) is 38.6 Å². The van der Waals surface area contributed by atoms with Gasteiger partial charge in [0.15, 0.2) is 0 Å². The van der Waals surface area contributed by atoms with E-state index in [0.717, 1.165) is 55.2 Å². The maximum absolute atomic E-state index is 13.1. The number of carbonyl (C=O) groups is 2. The smallest absolute Gasteiger partial charge is 0.256 e. The van der Waals surface area contributed by atoms with E-state index >= 15 is 0 Å². The lowest BCUT2D eigenvalue weighted by atomic mass is 9.96. The Bertz CT molecular complexity index is 846. The van der Waals surface area contributed by atoms with Crippen LogP contribution in [0.2, 0.25) is 0 Å². The molecule has 2 fully saturated rings. The standard InChI is InChI=1S/C20H27N5O2.ClH/c1-13-8-15-11-23-24-18(15)16(9-13)20(27)25-7-3-4-14(12-25)10-22-19(26)17-5-2-6-21-17;/h8-9,11,14,17,21H,2-7,10,12H2,1H3,(H,22,26)(H,23,24);1H. The summed E-state index contributed by atoms with van der Waals surface area (Å²) >= 11 is 0. The fourth-order valence-electron chi connectivity index (χ4n) is 4.24. The van der Waals surface area contributed by atoms with Gasteiger partial charge in [0.05, 0.1) is 23.3 Å². The molecule has 2 atom stereocenters. The van der Waals surface area contributed by atoms with Crippen molar-refractivity contribution in [2.75, 3.05) is 26.2 Å². The van der Waals surface area contributed by atoms with Crippen LogP contribution in [-0.2, 0) is 4.79 Å². The topological polar surface area (TPSA) is 90.1 Å². The molecule has 7 nitrogen and oxygen atoms in total. The van der Waals surface area contributed by atoms with Gasteiger partial charge in [0.25, 0.3) is 5.91 Å². The first-order valence-corrected chi connectivity index (χ1v) is 9.86. The molecular formula is C20H28ClN5O2. The quantitative estimate of drug-likeness (QED) is 0.725. The zero-order valence-electron chi connectivity index (χ0n) is 16.2. The summed E-state index contributed by atoms with van der Waals surface area (Å²) in [7, 11) is 0. The van der Waals surface area contributed by atoms with E-state index in [4.69, 9.17) is 0 Å². The number of hydrogen-bond acceptors (Lipinski definition) is 4. The third kappa shape index (κ3) is 4.31. The molecule has 1 aromatic heterocycles. The highest BCUT2D eigenvalue weighted by molar-refractivity contribution is 6.05. The van der Waals surface area contributed by atoms with Crippen molar-refractivity contribution < 1.29 is 9.59 Å². The van der Waals surface area contributed by atoms with E-state index in [1.807, 2.05) is 24.0 Å². The molecule has 2 amide bonds. The zero-order valence-corrected chi connectivity index (χ0v) is 17.0. The lowest BCUT2D eigenvalue weighted by Crippen LogP contribution is -2.46. The maximum atomic E-state index is 13.1. The number of aromatic nitrogens is 2. The predicted octanol–water partition coefficient (Wildman–Crippen LogP) is 2.01. The van der Waals surface area contributed by atoms with Crippen LogP contribution in [0.15, 0.2) is 18.3 Å². The van der Waals surface area contributed by atoms with E-state index < -0.39 is 0 Å². The van der Waals surface area contributed by atoms with E-state index in [9.17, 15) is 9.59 Å². The van der Waals surface area contributed by atoms with Crippen molar-refractivity contribution in [2.24, 2.45) is 5.92 Å². The molecule has 2 unspecified atom stereocenters. The van der Waals surface area contributed by atoms with Crippen LogP contribution in [0.4, 0.5) is 0 Å². The fraction of sp³-hybridized carbons (Fsp3) is 0.550. The third-order valence-corrected chi connectivity index (χ3v) is 5.67. The second-order valence-electron chi connectivity index (χ2n) is 7.80. The van der Waals surface area contributed by atoms with E-state index in [2.05, 4.69) is 20.8 Å². The van der Waals surface area contributed by atoms with Crippen molar-refractivity contribution in [1.82, 2.24) is 25.7 Å². The Hall–Kier alpha value is -2.12. The minimum Gasteiger partial charge on any atom is -0.354 e. The largest absolute Gasteiger partial charge is 0.354 e. The average molecular weight is 406 g/mol. The normalized spacial score (nSPS) is 22.1. The summed E-state index contributed by atoms with van der Waals surface area (Å²) in [6.45, 7) is 4.99. The minimum atomic E-state index is -0.0488. The summed E-state index contributed by atoms with van der Waals surface area (Å²) in [5.74, 6) is 0.436. The molecule has 0 saturated carbocycles. The Morgan fingerprint density at radius 3 is 2.93 bits per heavy atom. The average Bonchev–Trinajstić information content (AvgIpc) is 3.36. The van der Waals surface area contributed by atoms with Gasteiger partial charge in [-0.25, -0.2) is 0 Å². The molecule has 2 aromatic rings. The molecule has 152 valence electrons. The number of carbonyl (C=O) groups excluding carboxylic acids is 2. The molecule has 4 rings (SSSR count). The van der Waals surface area contributed by atoms with E-state index in [1.165, 1.54) is 0 Å². The molecule has 1 aromatic carbocycles. The number of piperidine rings is 1. The van der Waals surface area contributed by atoms with Gasteiger partial charge >= 0.3 is 0 Å². The monoisotopic (exact) mass is 405 g/mol. The van der Waals surface area contributed by atoms with Gasteiger partial charge in [0.1, 0.15) is 0 Å². The van der Waals surface area contributed by atoms with Crippen molar-refractivity contribution in [3.05, 3.63) is 29.5 Å². The van der Waals surface area contributed by atoms with E-state index in [-0.39, 0.29) is 30.3 Å². The summed E-state index contributed by atoms with van der Waals surface area (Å²) < 4.78 is 0. The SMILES string of the molecule is Cc1cc(C(=O)N2CCCC(CNC(=O)C3CCCN3)C2)c2[nH]ncc2c1.Cl. The van der Waals surface area contributed by atoms with Crippen LogP contribution in [-0.4, -0.2) is 59.1 Å². The highest BCUT2D eigenvalue weighted by Crippen LogP contribution is 2.23. The van der Waals surface area contributed by atoms with Crippen molar-refractivity contribution >= 4 is 35.1 Å². The first kappa shape index (κ1) is 20.6. The number of nitrogens with one attached hydrogen (secondary N) is 3. The van der Waals surface area contributed by atoms with Gasteiger partial charge in [-0.1, -0.05) is 0 Å². The first-order valence-electron chi connectivity index (χ1n) is 9.86. The molecule has 2 saturated heterocycles. The molecule has 0 aliphatic carbocycles. The number of rotatable bonds is 4.